The molecule has 0 saturated carbocycles. The van der Waals surface area contributed by atoms with E-state index in [0.29, 0.717) is 50.9 Å². The Kier molecular flexibility index (Phi) is 9.22. The molecule has 1 aromatic rings. The number of fused-ring (bicyclic) bond motifs is 1. The highest BCUT2D eigenvalue weighted by atomic mass is 16.6. The summed E-state index contributed by atoms with van der Waals surface area (Å²) in [5, 5.41) is 18.7. The van der Waals surface area contributed by atoms with Crippen LogP contribution in [0.5, 0.6) is 11.5 Å². The number of nitrogens with one attached hydrogen (secondary N) is 3. The van der Waals surface area contributed by atoms with Crippen molar-refractivity contribution in [3.05, 3.63) is 23.8 Å². The van der Waals surface area contributed by atoms with Gasteiger partial charge in [-0.15, -0.1) is 0 Å². The molecule has 188 valence electrons. The van der Waals surface area contributed by atoms with Crippen molar-refractivity contribution in [3.8, 4) is 11.5 Å². The lowest BCUT2D eigenvalue weighted by molar-refractivity contribution is -0.136. The Bertz CT molecular complexity index is 879. The number of ether oxygens (including phenoxy) is 2. The molecule has 2 aliphatic rings. The largest absolute Gasteiger partial charge is 0.486 e. The predicted molar refractivity (Wildman–Crippen MR) is 124 cm³/mol. The van der Waals surface area contributed by atoms with Gasteiger partial charge in [-0.2, -0.15) is 0 Å². The lowest BCUT2D eigenvalue weighted by Gasteiger charge is -2.36. The number of hydrogen-bond donors (Lipinski definition) is 5. The van der Waals surface area contributed by atoms with Crippen LogP contribution < -0.4 is 31.2 Å². The van der Waals surface area contributed by atoms with Gasteiger partial charge >= 0.3 is 0 Å². The van der Waals surface area contributed by atoms with Crippen LogP contribution in [0.1, 0.15) is 25.8 Å². The fraction of sp³-hybridized carbons (Fsp3) is 0.609. The van der Waals surface area contributed by atoms with Gasteiger partial charge in [0, 0.05) is 26.2 Å². The van der Waals surface area contributed by atoms with Crippen molar-refractivity contribution in [3.63, 3.8) is 0 Å². The highest BCUT2D eigenvalue weighted by Gasteiger charge is 2.34. The van der Waals surface area contributed by atoms with Crippen LogP contribution in [0.3, 0.4) is 0 Å². The molecule has 0 aromatic heterocycles. The average Bonchev–Trinajstić information content (AvgIpc) is 2.82. The van der Waals surface area contributed by atoms with Crippen LogP contribution >= 0.6 is 0 Å². The van der Waals surface area contributed by atoms with Crippen molar-refractivity contribution < 1.29 is 29.0 Å². The molecule has 0 aliphatic carbocycles. The minimum Gasteiger partial charge on any atom is -0.486 e. The number of nitrogens with two attached hydrogens (primary N) is 1. The molecule has 3 rings (SSSR count). The van der Waals surface area contributed by atoms with Gasteiger partial charge in [-0.05, 0) is 44.5 Å². The van der Waals surface area contributed by atoms with Crippen molar-refractivity contribution in [2.45, 2.75) is 51.0 Å². The monoisotopic (exact) mass is 477 g/mol. The topological polar surface area (TPSA) is 155 Å². The zero-order chi connectivity index (χ0) is 24.7. The number of nitrogens with zero attached hydrogens (tertiary/aromatic N) is 1. The minimum atomic E-state index is -1.20. The van der Waals surface area contributed by atoms with Gasteiger partial charge in [0.05, 0.1) is 12.1 Å². The molecule has 1 fully saturated rings. The van der Waals surface area contributed by atoms with Crippen molar-refractivity contribution in [1.29, 1.82) is 0 Å². The summed E-state index contributed by atoms with van der Waals surface area (Å²) >= 11 is 0. The number of piperazine rings is 1. The lowest BCUT2D eigenvalue weighted by Crippen LogP contribution is -2.62. The third-order valence-electron chi connectivity index (χ3n) is 5.97. The third kappa shape index (κ3) is 6.66. The first-order chi connectivity index (χ1) is 16.3. The number of aliphatic hydroxyl groups is 1. The number of amides is 2. The van der Waals surface area contributed by atoms with E-state index in [1.165, 1.54) is 13.8 Å². The molecular formula is C23H35N5O6. The SMILES string of the molecule is CC(=O)[C@H](CCN)NC(=O)[C@@H](NC(=O)[C@@H]1CNCCN1Cc1ccc2c(c1)OCCO2)[C@H](C)O. The Labute approximate surface area is 199 Å². The van der Waals surface area contributed by atoms with Gasteiger partial charge in [-0.25, -0.2) is 0 Å². The van der Waals surface area contributed by atoms with Crippen LogP contribution in [-0.2, 0) is 20.9 Å². The van der Waals surface area contributed by atoms with Crippen LogP contribution in [-0.4, -0.2) is 91.2 Å². The molecule has 0 radical (unpaired) electrons. The van der Waals surface area contributed by atoms with Crippen LogP contribution in [0.2, 0.25) is 0 Å². The van der Waals surface area contributed by atoms with Crippen molar-refractivity contribution in [2.24, 2.45) is 5.73 Å². The van der Waals surface area contributed by atoms with E-state index in [2.05, 4.69) is 16.0 Å². The average molecular weight is 478 g/mol. The van der Waals surface area contributed by atoms with Gasteiger partial charge in [0.2, 0.25) is 11.8 Å². The second kappa shape index (κ2) is 12.1. The summed E-state index contributed by atoms with van der Waals surface area (Å²) in [6, 6.07) is 3.20. The van der Waals surface area contributed by atoms with E-state index < -0.39 is 30.1 Å². The number of carbonyl (C=O) groups excluding carboxylic acids is 3. The van der Waals surface area contributed by atoms with E-state index in [-0.39, 0.29) is 24.7 Å². The Morgan fingerprint density at radius 1 is 1.24 bits per heavy atom. The van der Waals surface area contributed by atoms with E-state index in [4.69, 9.17) is 15.2 Å². The van der Waals surface area contributed by atoms with Crippen LogP contribution in [0.4, 0.5) is 0 Å². The van der Waals surface area contributed by atoms with Crippen molar-refractivity contribution in [1.82, 2.24) is 20.9 Å². The minimum absolute atomic E-state index is 0.221. The number of Topliss-reactive ketones (excluding diaryl/α,β-unsaturated/α-hetero) is 1. The second-order valence-electron chi connectivity index (χ2n) is 8.64. The summed E-state index contributed by atoms with van der Waals surface area (Å²) < 4.78 is 11.2. The quantitative estimate of drug-likeness (QED) is 0.271. The number of aliphatic hydroxyl groups excluding tert-OH is 1. The lowest BCUT2D eigenvalue weighted by atomic mass is 10.1. The van der Waals surface area contributed by atoms with Crippen molar-refractivity contribution in [2.75, 3.05) is 39.4 Å². The number of ketones is 1. The number of hydrogen-bond acceptors (Lipinski definition) is 9. The van der Waals surface area contributed by atoms with Gasteiger partial charge < -0.3 is 36.3 Å². The summed E-state index contributed by atoms with van der Waals surface area (Å²) in [6.07, 6.45) is -0.880. The molecule has 0 unspecified atom stereocenters. The van der Waals surface area contributed by atoms with Crippen LogP contribution in [0, 0.1) is 0 Å². The number of benzene rings is 1. The summed E-state index contributed by atoms with van der Waals surface area (Å²) in [6.45, 7) is 6.26. The Morgan fingerprint density at radius 2 is 1.97 bits per heavy atom. The molecule has 11 nitrogen and oxygen atoms in total. The maximum absolute atomic E-state index is 13.2. The standard InChI is InChI=1S/C23H35N5O6/c1-14(29)17(5-6-24)26-23(32)21(15(2)30)27-22(31)18-12-25-7-8-28(18)13-16-3-4-19-20(11-16)34-10-9-33-19/h3-4,11,15,17-18,21,25,30H,5-10,12-13,24H2,1-2H3,(H,26,32)(H,27,31)/t15-,17-,18-,21-/m0/s1. The molecule has 2 heterocycles. The maximum atomic E-state index is 13.2. The van der Waals surface area contributed by atoms with Crippen LogP contribution in [0.25, 0.3) is 0 Å². The van der Waals surface area contributed by atoms with Gasteiger partial charge in [0.25, 0.3) is 0 Å². The maximum Gasteiger partial charge on any atom is 0.245 e. The third-order valence-corrected chi connectivity index (χ3v) is 5.97. The smallest absolute Gasteiger partial charge is 0.245 e. The normalized spacial score (nSPS) is 20.6. The zero-order valence-corrected chi connectivity index (χ0v) is 19.7. The Morgan fingerprint density at radius 3 is 2.65 bits per heavy atom. The van der Waals surface area contributed by atoms with Gasteiger partial charge in [0.1, 0.15) is 25.3 Å². The summed E-state index contributed by atoms with van der Waals surface area (Å²) in [4.78, 5) is 39.7. The number of carbonyl (C=O) groups is 3. The Hall–Kier alpha value is -2.73. The first-order valence-corrected chi connectivity index (χ1v) is 11.6. The van der Waals surface area contributed by atoms with E-state index >= 15 is 0 Å². The van der Waals surface area contributed by atoms with E-state index in [9.17, 15) is 19.5 Å². The molecule has 4 atom stereocenters. The van der Waals surface area contributed by atoms with Gasteiger partial charge in [0.15, 0.2) is 17.3 Å². The molecule has 0 bridgehead atoms. The predicted octanol–water partition coefficient (Wildman–Crippen LogP) is -1.48. The molecule has 6 N–H and O–H groups in total. The molecule has 2 amide bonds. The summed E-state index contributed by atoms with van der Waals surface area (Å²) in [5.41, 5.74) is 6.50. The van der Waals surface area contributed by atoms with Crippen molar-refractivity contribution >= 4 is 17.6 Å². The highest BCUT2D eigenvalue weighted by Crippen LogP contribution is 2.31. The Balaban J connectivity index is 1.67. The molecule has 11 heteroatoms. The fourth-order valence-corrected chi connectivity index (χ4v) is 4.07. The summed E-state index contributed by atoms with van der Waals surface area (Å²) in [5.74, 6) is 0.136. The molecule has 2 aliphatic heterocycles. The second-order valence-corrected chi connectivity index (χ2v) is 8.64. The molecule has 1 saturated heterocycles. The van der Waals surface area contributed by atoms with Gasteiger partial charge in [-0.3, -0.25) is 19.3 Å². The molecule has 0 spiro atoms. The first kappa shape index (κ1) is 25.9. The molecule has 1 aromatic carbocycles. The first-order valence-electron chi connectivity index (χ1n) is 11.6. The van der Waals surface area contributed by atoms with E-state index in [0.717, 1.165) is 5.56 Å². The fourth-order valence-electron chi connectivity index (χ4n) is 4.07. The zero-order valence-electron chi connectivity index (χ0n) is 19.7. The number of rotatable bonds is 10. The van der Waals surface area contributed by atoms with E-state index in [1.54, 1.807) is 0 Å². The van der Waals surface area contributed by atoms with Gasteiger partial charge in [-0.1, -0.05) is 6.07 Å². The van der Waals surface area contributed by atoms with Crippen LogP contribution in [0.15, 0.2) is 18.2 Å². The van der Waals surface area contributed by atoms with E-state index in [1.807, 2.05) is 23.1 Å². The highest BCUT2D eigenvalue weighted by molar-refractivity contribution is 5.93. The molecule has 34 heavy (non-hydrogen) atoms. The molecular weight excluding hydrogens is 442 g/mol. The summed E-state index contributed by atoms with van der Waals surface area (Å²) in [7, 11) is 0.